The van der Waals surface area contributed by atoms with Gasteiger partial charge in [-0.15, -0.1) is 11.3 Å². The third-order valence-corrected chi connectivity index (χ3v) is 4.13. The van der Waals surface area contributed by atoms with Crippen molar-refractivity contribution in [3.05, 3.63) is 44.1 Å². The lowest BCUT2D eigenvalue weighted by Crippen LogP contribution is -2.13. The molecule has 90 valence electrons. The number of nitrogens with zero attached hydrogens (tertiary/aromatic N) is 2. The molecule has 0 saturated carbocycles. The van der Waals surface area contributed by atoms with E-state index in [1.807, 2.05) is 20.0 Å². The molecule has 2 aromatic heterocycles. The van der Waals surface area contributed by atoms with Crippen molar-refractivity contribution in [2.24, 2.45) is 5.73 Å². The molecule has 17 heavy (non-hydrogen) atoms. The van der Waals surface area contributed by atoms with Crippen molar-refractivity contribution in [2.75, 3.05) is 0 Å². The lowest BCUT2D eigenvalue weighted by atomic mass is 10.1. The Balaban J connectivity index is 2.16. The Bertz CT molecular complexity index is 524. The maximum Gasteiger partial charge on any atom is 0.0900 e. The highest BCUT2D eigenvalue weighted by molar-refractivity contribution is 9.10. The number of hydrogen-bond donors (Lipinski definition) is 1. The number of halogens is 1. The van der Waals surface area contributed by atoms with Crippen LogP contribution in [0.25, 0.3) is 0 Å². The van der Waals surface area contributed by atoms with Crippen LogP contribution in [-0.4, -0.2) is 9.97 Å². The van der Waals surface area contributed by atoms with Crippen molar-refractivity contribution in [3.8, 4) is 0 Å². The molecule has 0 aliphatic carbocycles. The fourth-order valence-corrected chi connectivity index (χ4v) is 3.15. The van der Waals surface area contributed by atoms with Crippen molar-refractivity contribution in [3.63, 3.8) is 0 Å². The van der Waals surface area contributed by atoms with Gasteiger partial charge in [0.25, 0.3) is 0 Å². The number of aromatic nitrogens is 2. The van der Waals surface area contributed by atoms with Crippen LogP contribution < -0.4 is 5.73 Å². The predicted octanol–water partition coefficient (Wildman–Crippen LogP) is 3.16. The minimum Gasteiger partial charge on any atom is -0.323 e. The van der Waals surface area contributed by atoms with Crippen molar-refractivity contribution in [2.45, 2.75) is 26.3 Å². The summed E-state index contributed by atoms with van der Waals surface area (Å²) in [5.74, 6) is 0. The van der Waals surface area contributed by atoms with Crippen LogP contribution in [0.4, 0.5) is 0 Å². The van der Waals surface area contributed by atoms with Gasteiger partial charge in [0.1, 0.15) is 0 Å². The second-order valence-corrected chi connectivity index (χ2v) is 6.16. The molecule has 0 saturated heterocycles. The number of hydrogen-bond acceptors (Lipinski definition) is 4. The monoisotopic (exact) mass is 311 g/mol. The van der Waals surface area contributed by atoms with Crippen molar-refractivity contribution < 1.29 is 0 Å². The summed E-state index contributed by atoms with van der Waals surface area (Å²) in [5, 5.41) is 1.07. The molecule has 0 amide bonds. The van der Waals surface area contributed by atoms with Gasteiger partial charge in [-0.3, -0.25) is 4.98 Å². The summed E-state index contributed by atoms with van der Waals surface area (Å²) in [6.07, 6.45) is 4.42. The number of aryl methyl sites for hydroxylation is 2. The standard InChI is InChI=1S/C12H14BrN3S/c1-7-12(17-8(2)16-7)11(14)4-9-3-10(13)6-15-5-9/h3,5-6,11H,4,14H2,1-2H3. The molecule has 2 aromatic rings. The first kappa shape index (κ1) is 12.7. The fraction of sp³-hybridized carbons (Fsp3) is 0.333. The molecule has 2 rings (SSSR count). The molecule has 2 N–H and O–H groups in total. The molecular weight excluding hydrogens is 298 g/mol. The highest BCUT2D eigenvalue weighted by Gasteiger charge is 2.14. The average molecular weight is 312 g/mol. The SMILES string of the molecule is Cc1nc(C)c(C(N)Cc2cncc(Br)c2)s1. The predicted molar refractivity (Wildman–Crippen MR) is 74.2 cm³/mol. The Morgan fingerprint density at radius 3 is 2.76 bits per heavy atom. The summed E-state index contributed by atoms with van der Waals surface area (Å²) in [4.78, 5) is 9.72. The van der Waals surface area contributed by atoms with E-state index in [9.17, 15) is 0 Å². The van der Waals surface area contributed by atoms with Crippen molar-refractivity contribution in [1.29, 1.82) is 0 Å². The Morgan fingerprint density at radius 1 is 1.41 bits per heavy atom. The lowest BCUT2D eigenvalue weighted by molar-refractivity contribution is 0.726. The second-order valence-electron chi connectivity index (χ2n) is 4.00. The molecule has 0 aromatic carbocycles. The molecule has 0 aliphatic rings. The van der Waals surface area contributed by atoms with Gasteiger partial charge in [0, 0.05) is 27.8 Å². The van der Waals surface area contributed by atoms with Gasteiger partial charge in [-0.1, -0.05) is 0 Å². The molecule has 0 aliphatic heterocycles. The maximum atomic E-state index is 6.22. The first-order chi connectivity index (χ1) is 8.06. The van der Waals surface area contributed by atoms with Crippen LogP contribution in [-0.2, 0) is 6.42 Å². The Labute approximate surface area is 113 Å². The number of rotatable bonds is 3. The van der Waals surface area contributed by atoms with Gasteiger partial charge in [0.15, 0.2) is 0 Å². The molecule has 5 heteroatoms. The van der Waals surface area contributed by atoms with Crippen LogP contribution in [0.5, 0.6) is 0 Å². The Kier molecular flexibility index (Phi) is 3.91. The van der Waals surface area contributed by atoms with Gasteiger partial charge in [0.2, 0.25) is 0 Å². The van der Waals surface area contributed by atoms with Crippen LogP contribution in [0.3, 0.4) is 0 Å². The zero-order valence-corrected chi connectivity index (χ0v) is 12.2. The molecule has 0 radical (unpaired) electrons. The van der Waals surface area contributed by atoms with Crippen LogP contribution >= 0.6 is 27.3 Å². The topological polar surface area (TPSA) is 51.8 Å². The maximum absolute atomic E-state index is 6.22. The van der Waals surface area contributed by atoms with E-state index < -0.39 is 0 Å². The number of thiazole rings is 1. The van der Waals surface area contributed by atoms with Crippen LogP contribution in [0, 0.1) is 13.8 Å². The second kappa shape index (κ2) is 5.25. The Morgan fingerprint density at radius 2 is 2.18 bits per heavy atom. The summed E-state index contributed by atoms with van der Waals surface area (Å²) < 4.78 is 0.986. The number of nitrogens with two attached hydrogens (primary N) is 1. The van der Waals surface area contributed by atoms with Gasteiger partial charge in [-0.25, -0.2) is 4.98 Å². The van der Waals surface area contributed by atoms with Crippen LogP contribution in [0.2, 0.25) is 0 Å². The first-order valence-corrected chi connectivity index (χ1v) is 6.96. The van der Waals surface area contributed by atoms with E-state index in [0.29, 0.717) is 0 Å². The minimum absolute atomic E-state index is 0.00250. The fourth-order valence-electron chi connectivity index (χ4n) is 1.81. The van der Waals surface area contributed by atoms with Gasteiger partial charge in [-0.05, 0) is 47.8 Å². The van der Waals surface area contributed by atoms with E-state index in [1.165, 1.54) is 4.88 Å². The van der Waals surface area contributed by atoms with Crippen molar-refractivity contribution >= 4 is 27.3 Å². The van der Waals surface area contributed by atoms with E-state index in [2.05, 4.69) is 32.0 Å². The van der Waals surface area contributed by atoms with E-state index in [4.69, 9.17) is 5.73 Å². The van der Waals surface area contributed by atoms with Crippen molar-refractivity contribution in [1.82, 2.24) is 9.97 Å². The van der Waals surface area contributed by atoms with Crippen LogP contribution in [0.15, 0.2) is 22.9 Å². The van der Waals surface area contributed by atoms with Crippen LogP contribution in [0.1, 0.15) is 27.2 Å². The van der Waals surface area contributed by atoms with E-state index in [0.717, 1.165) is 27.2 Å². The summed E-state index contributed by atoms with van der Waals surface area (Å²) in [7, 11) is 0. The average Bonchev–Trinajstić information content (AvgIpc) is 2.58. The summed E-state index contributed by atoms with van der Waals surface area (Å²) >= 11 is 5.09. The zero-order valence-electron chi connectivity index (χ0n) is 9.77. The lowest BCUT2D eigenvalue weighted by Gasteiger charge is -2.10. The molecule has 0 bridgehead atoms. The van der Waals surface area contributed by atoms with E-state index in [1.54, 1.807) is 17.5 Å². The minimum atomic E-state index is -0.00250. The van der Waals surface area contributed by atoms with Gasteiger partial charge < -0.3 is 5.73 Å². The summed E-state index contributed by atoms with van der Waals surface area (Å²) in [5.41, 5.74) is 8.40. The van der Waals surface area contributed by atoms with E-state index in [-0.39, 0.29) is 6.04 Å². The normalized spacial score (nSPS) is 12.7. The zero-order chi connectivity index (χ0) is 12.4. The highest BCUT2D eigenvalue weighted by Crippen LogP contribution is 2.26. The van der Waals surface area contributed by atoms with E-state index >= 15 is 0 Å². The molecule has 1 unspecified atom stereocenters. The molecule has 0 fully saturated rings. The molecular formula is C12H14BrN3S. The third-order valence-electron chi connectivity index (χ3n) is 2.49. The third kappa shape index (κ3) is 3.12. The van der Waals surface area contributed by atoms with Gasteiger partial charge >= 0.3 is 0 Å². The largest absolute Gasteiger partial charge is 0.323 e. The van der Waals surface area contributed by atoms with Gasteiger partial charge in [0.05, 0.1) is 10.7 Å². The summed E-state index contributed by atoms with van der Waals surface area (Å²) in [6, 6.07) is 2.05. The van der Waals surface area contributed by atoms with Gasteiger partial charge in [-0.2, -0.15) is 0 Å². The number of pyridine rings is 1. The molecule has 1 atom stereocenters. The first-order valence-electron chi connectivity index (χ1n) is 5.35. The molecule has 2 heterocycles. The smallest absolute Gasteiger partial charge is 0.0900 e. The molecule has 3 nitrogen and oxygen atoms in total. The highest BCUT2D eigenvalue weighted by atomic mass is 79.9. The Hall–Kier alpha value is -0.780. The molecule has 0 spiro atoms. The quantitative estimate of drug-likeness (QED) is 0.947. The summed E-state index contributed by atoms with van der Waals surface area (Å²) in [6.45, 7) is 4.02.